The summed E-state index contributed by atoms with van der Waals surface area (Å²) >= 11 is 0. The zero-order valence-electron chi connectivity index (χ0n) is 12.5. The summed E-state index contributed by atoms with van der Waals surface area (Å²) in [5.74, 6) is 0. The van der Waals surface area contributed by atoms with Crippen molar-refractivity contribution >= 4 is 16.1 Å². The molecule has 2 heterocycles. The molecule has 3 saturated carbocycles. The van der Waals surface area contributed by atoms with Gasteiger partial charge >= 0.3 is 6.03 Å². The van der Waals surface area contributed by atoms with Gasteiger partial charge in [-0.1, -0.05) is 0 Å². The number of fused-ring (bicyclic) bond motifs is 1. The fourth-order valence-corrected chi connectivity index (χ4v) is 5.57. The van der Waals surface area contributed by atoms with Gasteiger partial charge in [-0.15, -0.1) is 0 Å². The van der Waals surface area contributed by atoms with Crippen LogP contribution in [-0.2, 0) is 10.0 Å². The molecule has 1 N–H and O–H groups in total. The number of hydrogen-bond donors (Lipinski definition) is 1. The number of carbonyl (C=O) groups is 1. The van der Waals surface area contributed by atoms with Crippen molar-refractivity contribution in [2.45, 2.75) is 36.4 Å². The van der Waals surface area contributed by atoms with Crippen molar-refractivity contribution in [2.75, 3.05) is 39.5 Å². The average molecular weight is 314 g/mol. The number of urea groups is 1. The molecule has 0 unspecified atom stereocenters. The van der Waals surface area contributed by atoms with Gasteiger partial charge in [0.05, 0.1) is 17.8 Å². The van der Waals surface area contributed by atoms with E-state index >= 15 is 0 Å². The molecule has 2 saturated heterocycles. The summed E-state index contributed by atoms with van der Waals surface area (Å²) in [4.78, 5) is 16.6. The van der Waals surface area contributed by atoms with E-state index in [1.165, 1.54) is 10.6 Å². The predicted octanol–water partition coefficient (Wildman–Crippen LogP) is -0.738. The Kier molecular flexibility index (Phi) is 2.56. The molecule has 2 aliphatic heterocycles. The molecule has 5 rings (SSSR count). The number of rotatable bonds is 3. The molecule has 0 aromatic rings. The van der Waals surface area contributed by atoms with Crippen molar-refractivity contribution in [3.05, 3.63) is 0 Å². The monoisotopic (exact) mass is 314 g/mol. The van der Waals surface area contributed by atoms with Crippen molar-refractivity contribution < 1.29 is 13.2 Å². The maximum absolute atomic E-state index is 12.6. The Morgan fingerprint density at radius 2 is 2.00 bits per heavy atom. The van der Waals surface area contributed by atoms with Crippen LogP contribution in [-0.4, -0.2) is 85.2 Å². The van der Waals surface area contributed by atoms with Crippen LogP contribution < -0.4 is 5.32 Å². The van der Waals surface area contributed by atoms with E-state index in [4.69, 9.17) is 0 Å². The lowest BCUT2D eigenvalue weighted by molar-refractivity contribution is -0.185. The summed E-state index contributed by atoms with van der Waals surface area (Å²) in [7, 11) is -1.49. The summed E-state index contributed by atoms with van der Waals surface area (Å²) < 4.78 is 24.9. The molecule has 118 valence electrons. The summed E-state index contributed by atoms with van der Waals surface area (Å²) in [6, 6.07) is 0.431. The number of carbonyl (C=O) groups excluding carboxylic acids is 1. The minimum atomic E-state index is -3.16. The molecule has 1 atom stereocenters. The van der Waals surface area contributed by atoms with E-state index < -0.39 is 10.0 Å². The molecule has 21 heavy (non-hydrogen) atoms. The molecule has 0 aromatic carbocycles. The van der Waals surface area contributed by atoms with E-state index in [2.05, 4.69) is 5.32 Å². The lowest BCUT2D eigenvalue weighted by Gasteiger charge is -2.74. The molecular formula is C13H22N4O3S. The largest absolute Gasteiger partial charge is 0.320 e. The fourth-order valence-electron chi connectivity index (χ4n) is 4.67. The van der Waals surface area contributed by atoms with Gasteiger partial charge in [0.1, 0.15) is 0 Å². The standard InChI is InChI=1S/C13H22N4O3S/c1-15(21(2,19)20)12-7-13(8-12,9-12)17-6-10-5-14-3-4-16(10)11(17)18/h10,14H,3-9H2,1-2H3/t10-,12?,13?/m0/s1. The molecule has 3 aliphatic carbocycles. The minimum absolute atomic E-state index is 0.0760. The van der Waals surface area contributed by atoms with Crippen LogP contribution in [0.1, 0.15) is 19.3 Å². The second-order valence-corrected chi connectivity index (χ2v) is 9.17. The van der Waals surface area contributed by atoms with Crippen LogP contribution in [0.15, 0.2) is 0 Å². The van der Waals surface area contributed by atoms with Gasteiger partial charge in [0.15, 0.2) is 0 Å². The van der Waals surface area contributed by atoms with Crippen LogP contribution >= 0.6 is 0 Å². The van der Waals surface area contributed by atoms with Crippen LogP contribution in [0.3, 0.4) is 0 Å². The van der Waals surface area contributed by atoms with E-state index in [1.54, 1.807) is 7.05 Å². The zero-order chi connectivity index (χ0) is 15.0. The SMILES string of the molecule is CN(C12CC(N3C[C@@H]4CNCCN4C3=O)(C1)C2)S(C)(=O)=O. The molecule has 2 amide bonds. The lowest BCUT2D eigenvalue weighted by Crippen LogP contribution is -2.83. The Morgan fingerprint density at radius 3 is 2.57 bits per heavy atom. The molecular weight excluding hydrogens is 292 g/mol. The number of hydrogen-bond acceptors (Lipinski definition) is 4. The third-order valence-electron chi connectivity index (χ3n) is 5.93. The maximum atomic E-state index is 12.6. The van der Waals surface area contributed by atoms with E-state index in [0.717, 1.165) is 45.4 Å². The van der Waals surface area contributed by atoms with E-state index in [1.807, 2.05) is 9.80 Å². The highest BCUT2D eigenvalue weighted by molar-refractivity contribution is 7.88. The van der Waals surface area contributed by atoms with Gasteiger partial charge in [-0.3, -0.25) is 0 Å². The highest BCUT2D eigenvalue weighted by Crippen LogP contribution is 2.67. The predicted molar refractivity (Wildman–Crippen MR) is 77.4 cm³/mol. The first-order chi connectivity index (χ1) is 9.78. The first kappa shape index (κ1) is 13.8. The lowest BCUT2D eigenvalue weighted by atomic mass is 9.43. The van der Waals surface area contributed by atoms with Crippen LogP contribution in [0.4, 0.5) is 4.79 Å². The quantitative estimate of drug-likeness (QED) is 0.745. The Hall–Kier alpha value is -0.860. The number of sulfonamides is 1. The topological polar surface area (TPSA) is 73.0 Å². The summed E-state index contributed by atoms with van der Waals surface area (Å²) in [5, 5.41) is 3.34. The number of nitrogens with zero attached hydrogens (tertiary/aromatic N) is 3. The normalized spacial score (nSPS) is 41.9. The molecule has 0 spiro atoms. The molecule has 0 aromatic heterocycles. The van der Waals surface area contributed by atoms with Crippen molar-refractivity contribution in [3.8, 4) is 0 Å². The molecule has 5 fully saturated rings. The van der Waals surface area contributed by atoms with Crippen LogP contribution in [0.25, 0.3) is 0 Å². The van der Waals surface area contributed by atoms with Gasteiger partial charge in [0.25, 0.3) is 0 Å². The number of piperazine rings is 1. The zero-order valence-corrected chi connectivity index (χ0v) is 13.3. The van der Waals surface area contributed by atoms with Gasteiger partial charge in [0.2, 0.25) is 10.0 Å². The third-order valence-corrected chi connectivity index (χ3v) is 7.31. The summed E-state index contributed by atoms with van der Waals surface area (Å²) in [6.07, 6.45) is 3.64. The smallest absolute Gasteiger partial charge is 0.317 e. The van der Waals surface area contributed by atoms with Crippen molar-refractivity contribution in [2.24, 2.45) is 0 Å². The van der Waals surface area contributed by atoms with Crippen LogP contribution in [0.5, 0.6) is 0 Å². The van der Waals surface area contributed by atoms with Gasteiger partial charge in [0, 0.05) is 38.8 Å². The molecule has 8 heteroatoms. The molecule has 7 nitrogen and oxygen atoms in total. The van der Waals surface area contributed by atoms with Crippen LogP contribution in [0, 0.1) is 0 Å². The van der Waals surface area contributed by atoms with Gasteiger partial charge < -0.3 is 15.1 Å². The number of nitrogens with one attached hydrogen (secondary N) is 1. The maximum Gasteiger partial charge on any atom is 0.320 e. The van der Waals surface area contributed by atoms with E-state index in [9.17, 15) is 13.2 Å². The first-order valence-corrected chi connectivity index (χ1v) is 9.35. The molecule has 5 aliphatic rings. The van der Waals surface area contributed by atoms with E-state index in [-0.39, 0.29) is 23.2 Å². The van der Waals surface area contributed by atoms with Gasteiger partial charge in [-0.05, 0) is 19.3 Å². The van der Waals surface area contributed by atoms with Crippen molar-refractivity contribution in [3.63, 3.8) is 0 Å². The van der Waals surface area contributed by atoms with Crippen LogP contribution in [0.2, 0.25) is 0 Å². The summed E-state index contributed by atoms with van der Waals surface area (Å²) in [6.45, 7) is 3.30. The minimum Gasteiger partial charge on any atom is -0.317 e. The number of amides is 2. The highest BCUT2D eigenvalue weighted by atomic mass is 32.2. The highest BCUT2D eigenvalue weighted by Gasteiger charge is 2.75. The molecule has 0 radical (unpaired) electrons. The third kappa shape index (κ3) is 1.66. The average Bonchev–Trinajstić information content (AvgIpc) is 2.63. The Balaban J connectivity index is 1.48. The van der Waals surface area contributed by atoms with Crippen molar-refractivity contribution in [1.29, 1.82) is 0 Å². The summed E-state index contributed by atoms with van der Waals surface area (Å²) in [5.41, 5.74) is -0.303. The van der Waals surface area contributed by atoms with Gasteiger partial charge in [-0.2, -0.15) is 4.31 Å². The Labute approximate surface area is 125 Å². The van der Waals surface area contributed by atoms with E-state index in [0.29, 0.717) is 0 Å². The Morgan fingerprint density at radius 1 is 1.33 bits per heavy atom. The van der Waals surface area contributed by atoms with Gasteiger partial charge in [-0.25, -0.2) is 13.2 Å². The van der Waals surface area contributed by atoms with Crippen molar-refractivity contribution in [1.82, 2.24) is 19.4 Å². The molecule has 2 bridgehead atoms. The second kappa shape index (κ2) is 3.91. The second-order valence-electron chi connectivity index (χ2n) is 7.15. The Bertz CT molecular complexity index is 585. The first-order valence-electron chi connectivity index (χ1n) is 7.51. The fraction of sp³-hybridized carbons (Fsp3) is 0.923.